The molecule has 0 aromatic carbocycles. The normalized spacial score (nSPS) is 13.0. The quantitative estimate of drug-likeness (QED) is 0.663. The molecule has 1 aromatic rings. The maximum atomic E-state index is 5.70. The Bertz CT molecular complexity index is 218. The van der Waals surface area contributed by atoms with Crippen molar-refractivity contribution in [2.24, 2.45) is 0 Å². The fourth-order valence-electron chi connectivity index (χ4n) is 0.888. The highest BCUT2D eigenvalue weighted by Gasteiger charge is 2.02. The maximum absolute atomic E-state index is 5.70. The Kier molecular flexibility index (Phi) is 2.89. The van der Waals surface area contributed by atoms with Crippen molar-refractivity contribution in [3.8, 4) is 0 Å². The molecule has 0 fully saturated rings. The molecule has 1 nitrogen and oxygen atoms in total. The molecule has 0 unspecified atom stereocenters. The third-order valence-corrected chi connectivity index (χ3v) is 2.09. The summed E-state index contributed by atoms with van der Waals surface area (Å²) in [5.74, 6) is 0.535. The van der Waals surface area contributed by atoms with E-state index in [1.54, 1.807) is 6.20 Å². The van der Waals surface area contributed by atoms with E-state index in [1.807, 2.05) is 12.1 Å². The molecule has 0 radical (unpaired) electrons. The van der Waals surface area contributed by atoms with E-state index in [0.717, 1.165) is 12.1 Å². The standard InChI is InChI=1S/C9H12ClN/c1-3-7(2)9-5-4-8(10)6-11-9/h4-7H,3H2,1-2H3/t7-/m1/s1. The number of hydrogen-bond acceptors (Lipinski definition) is 1. The van der Waals surface area contributed by atoms with Crippen LogP contribution in [0.15, 0.2) is 18.3 Å². The molecule has 0 amide bonds. The molecule has 0 aliphatic heterocycles. The minimum atomic E-state index is 0.535. The van der Waals surface area contributed by atoms with Crippen LogP contribution in [0.5, 0.6) is 0 Å². The summed E-state index contributed by atoms with van der Waals surface area (Å²) in [6.45, 7) is 4.32. The minimum Gasteiger partial charge on any atom is -0.259 e. The number of rotatable bonds is 2. The van der Waals surface area contributed by atoms with Gasteiger partial charge in [0.25, 0.3) is 0 Å². The van der Waals surface area contributed by atoms with Crippen molar-refractivity contribution in [3.63, 3.8) is 0 Å². The molecule has 0 aliphatic rings. The first kappa shape index (κ1) is 8.54. The Morgan fingerprint density at radius 1 is 1.55 bits per heavy atom. The van der Waals surface area contributed by atoms with Gasteiger partial charge in [0.2, 0.25) is 0 Å². The van der Waals surface area contributed by atoms with E-state index in [-0.39, 0.29) is 0 Å². The van der Waals surface area contributed by atoms with E-state index in [9.17, 15) is 0 Å². The van der Waals surface area contributed by atoms with Crippen LogP contribution in [0.1, 0.15) is 31.9 Å². The van der Waals surface area contributed by atoms with E-state index < -0.39 is 0 Å². The first-order valence-corrected chi connectivity index (χ1v) is 4.23. The lowest BCUT2D eigenvalue weighted by atomic mass is 10.1. The Balaban J connectivity index is 2.81. The van der Waals surface area contributed by atoms with Crippen molar-refractivity contribution in [1.29, 1.82) is 0 Å². The van der Waals surface area contributed by atoms with Crippen molar-refractivity contribution in [2.75, 3.05) is 0 Å². The van der Waals surface area contributed by atoms with Gasteiger partial charge >= 0.3 is 0 Å². The summed E-state index contributed by atoms with van der Waals surface area (Å²) < 4.78 is 0. The van der Waals surface area contributed by atoms with Gasteiger partial charge in [-0.3, -0.25) is 4.98 Å². The molecule has 1 atom stereocenters. The van der Waals surface area contributed by atoms with Gasteiger partial charge in [0.1, 0.15) is 0 Å². The lowest BCUT2D eigenvalue weighted by Gasteiger charge is -2.06. The number of aromatic nitrogens is 1. The van der Waals surface area contributed by atoms with Gasteiger partial charge < -0.3 is 0 Å². The summed E-state index contributed by atoms with van der Waals surface area (Å²) in [5, 5.41) is 0.706. The highest BCUT2D eigenvalue weighted by molar-refractivity contribution is 6.30. The predicted molar refractivity (Wildman–Crippen MR) is 48.0 cm³/mol. The van der Waals surface area contributed by atoms with Gasteiger partial charge in [0.05, 0.1) is 5.02 Å². The molecule has 1 heterocycles. The fraction of sp³-hybridized carbons (Fsp3) is 0.444. The van der Waals surface area contributed by atoms with Gasteiger partial charge in [-0.25, -0.2) is 0 Å². The van der Waals surface area contributed by atoms with Crippen LogP contribution in [0, 0.1) is 0 Å². The summed E-state index contributed by atoms with van der Waals surface area (Å²) in [6, 6.07) is 3.87. The molecular formula is C9H12ClN. The van der Waals surface area contributed by atoms with Gasteiger partial charge in [0.15, 0.2) is 0 Å². The highest BCUT2D eigenvalue weighted by atomic mass is 35.5. The van der Waals surface area contributed by atoms with E-state index in [2.05, 4.69) is 18.8 Å². The molecule has 1 aromatic heterocycles. The van der Waals surface area contributed by atoms with Crippen LogP contribution >= 0.6 is 11.6 Å². The van der Waals surface area contributed by atoms with Gasteiger partial charge in [-0.1, -0.05) is 25.4 Å². The predicted octanol–water partition coefficient (Wildman–Crippen LogP) is 3.25. The monoisotopic (exact) mass is 169 g/mol. The van der Waals surface area contributed by atoms with Crippen molar-refractivity contribution < 1.29 is 0 Å². The van der Waals surface area contributed by atoms with Crippen LogP contribution in [0.2, 0.25) is 5.02 Å². The van der Waals surface area contributed by atoms with E-state index in [4.69, 9.17) is 11.6 Å². The first-order chi connectivity index (χ1) is 5.24. The topological polar surface area (TPSA) is 12.9 Å². The molecule has 0 saturated heterocycles. The zero-order valence-electron chi connectivity index (χ0n) is 6.84. The smallest absolute Gasteiger partial charge is 0.0589 e. The fourth-order valence-corrected chi connectivity index (χ4v) is 1.000. The second-order valence-corrected chi connectivity index (χ2v) is 3.15. The molecule has 0 N–H and O–H groups in total. The summed E-state index contributed by atoms with van der Waals surface area (Å²) in [7, 11) is 0. The molecule has 0 aliphatic carbocycles. The molecule has 2 heteroatoms. The van der Waals surface area contributed by atoms with Crippen LogP contribution in [-0.2, 0) is 0 Å². The third-order valence-electron chi connectivity index (χ3n) is 1.87. The number of nitrogens with zero attached hydrogens (tertiary/aromatic N) is 1. The Morgan fingerprint density at radius 3 is 2.73 bits per heavy atom. The minimum absolute atomic E-state index is 0.535. The van der Waals surface area contributed by atoms with Crippen molar-refractivity contribution in [2.45, 2.75) is 26.2 Å². The third kappa shape index (κ3) is 2.19. The number of halogens is 1. The Morgan fingerprint density at radius 2 is 2.27 bits per heavy atom. The largest absolute Gasteiger partial charge is 0.259 e. The van der Waals surface area contributed by atoms with Crippen molar-refractivity contribution in [1.82, 2.24) is 4.98 Å². The van der Waals surface area contributed by atoms with Crippen LogP contribution in [0.3, 0.4) is 0 Å². The van der Waals surface area contributed by atoms with Crippen molar-refractivity contribution in [3.05, 3.63) is 29.0 Å². The summed E-state index contributed by atoms with van der Waals surface area (Å²) >= 11 is 5.70. The van der Waals surface area contributed by atoms with Gasteiger partial charge in [-0.15, -0.1) is 0 Å². The summed E-state index contributed by atoms with van der Waals surface area (Å²) in [5.41, 5.74) is 1.12. The molecule has 11 heavy (non-hydrogen) atoms. The maximum Gasteiger partial charge on any atom is 0.0589 e. The van der Waals surface area contributed by atoms with E-state index in [0.29, 0.717) is 10.9 Å². The second kappa shape index (κ2) is 3.72. The van der Waals surface area contributed by atoms with Crippen molar-refractivity contribution >= 4 is 11.6 Å². The van der Waals surface area contributed by atoms with E-state index in [1.165, 1.54) is 0 Å². The number of pyridine rings is 1. The summed E-state index contributed by atoms with van der Waals surface area (Å²) in [6.07, 6.45) is 2.82. The highest BCUT2D eigenvalue weighted by Crippen LogP contribution is 2.17. The Labute approximate surface area is 72.4 Å². The van der Waals surface area contributed by atoms with Gasteiger partial charge in [0, 0.05) is 11.9 Å². The van der Waals surface area contributed by atoms with Crippen LogP contribution < -0.4 is 0 Å². The van der Waals surface area contributed by atoms with Crippen LogP contribution in [0.25, 0.3) is 0 Å². The SMILES string of the molecule is CC[C@@H](C)c1ccc(Cl)cn1. The molecule has 1 rings (SSSR count). The molecule has 0 saturated carbocycles. The van der Waals surface area contributed by atoms with Gasteiger partial charge in [-0.05, 0) is 24.5 Å². The molecule has 0 spiro atoms. The molecular weight excluding hydrogens is 158 g/mol. The summed E-state index contributed by atoms with van der Waals surface area (Å²) in [4.78, 5) is 4.22. The molecule has 60 valence electrons. The molecule has 0 bridgehead atoms. The second-order valence-electron chi connectivity index (χ2n) is 2.71. The Hall–Kier alpha value is -0.560. The first-order valence-electron chi connectivity index (χ1n) is 3.85. The lowest BCUT2D eigenvalue weighted by molar-refractivity contribution is 0.708. The number of hydrogen-bond donors (Lipinski definition) is 0. The lowest BCUT2D eigenvalue weighted by Crippen LogP contribution is -1.93. The van der Waals surface area contributed by atoms with E-state index >= 15 is 0 Å². The zero-order chi connectivity index (χ0) is 8.27. The average Bonchev–Trinajstić information content (AvgIpc) is 2.05. The average molecular weight is 170 g/mol. The van der Waals surface area contributed by atoms with Crippen LogP contribution in [-0.4, -0.2) is 4.98 Å². The van der Waals surface area contributed by atoms with Crippen LogP contribution in [0.4, 0.5) is 0 Å². The van der Waals surface area contributed by atoms with Gasteiger partial charge in [-0.2, -0.15) is 0 Å². The zero-order valence-corrected chi connectivity index (χ0v) is 7.60.